The monoisotopic (exact) mass is 177 g/mol. The van der Waals surface area contributed by atoms with Crippen molar-refractivity contribution >= 4 is 12.0 Å². The van der Waals surface area contributed by atoms with E-state index in [0.717, 1.165) is 0 Å². The van der Waals surface area contributed by atoms with Crippen LogP contribution < -0.4 is 0 Å². The van der Waals surface area contributed by atoms with Crippen molar-refractivity contribution in [1.29, 1.82) is 5.26 Å². The molecule has 13 heavy (non-hydrogen) atoms. The third-order valence-electron chi connectivity index (χ3n) is 1.39. The van der Waals surface area contributed by atoms with Gasteiger partial charge in [0.25, 0.3) is 0 Å². The van der Waals surface area contributed by atoms with Gasteiger partial charge in [-0.15, -0.1) is 0 Å². The number of rotatable bonds is 2. The van der Waals surface area contributed by atoms with Gasteiger partial charge in [0.15, 0.2) is 0 Å². The first-order valence-corrected chi connectivity index (χ1v) is 3.47. The molecule has 0 unspecified atom stereocenters. The molecule has 0 aliphatic carbocycles. The summed E-state index contributed by atoms with van der Waals surface area (Å²) in [5.41, 5.74) is 0.300. The van der Waals surface area contributed by atoms with Crippen molar-refractivity contribution < 1.29 is 9.90 Å². The van der Waals surface area contributed by atoms with Gasteiger partial charge in [0.1, 0.15) is 11.6 Å². The Morgan fingerprint density at radius 1 is 1.85 bits per heavy atom. The first-order valence-electron chi connectivity index (χ1n) is 3.47. The lowest BCUT2D eigenvalue weighted by Crippen LogP contribution is -1.96. The Labute approximate surface area is 74.5 Å². The van der Waals surface area contributed by atoms with Crippen LogP contribution in [0.3, 0.4) is 0 Å². The van der Waals surface area contributed by atoms with E-state index in [1.54, 1.807) is 19.3 Å². The van der Waals surface area contributed by atoms with E-state index >= 15 is 0 Å². The molecule has 0 aliphatic rings. The lowest BCUT2D eigenvalue weighted by Gasteiger charge is -1.86. The maximum absolute atomic E-state index is 10.4. The maximum Gasteiger partial charge on any atom is 0.346 e. The van der Waals surface area contributed by atoms with Crippen molar-refractivity contribution in [2.24, 2.45) is 7.05 Å². The first-order chi connectivity index (χ1) is 6.13. The topological polar surface area (TPSA) is 78.9 Å². The highest BCUT2D eigenvalue weighted by molar-refractivity contribution is 5.96. The van der Waals surface area contributed by atoms with Crippen molar-refractivity contribution in [3.8, 4) is 6.07 Å². The predicted octanol–water partition coefficient (Wildman–Crippen LogP) is 0.412. The minimum Gasteiger partial charge on any atom is -0.477 e. The zero-order valence-corrected chi connectivity index (χ0v) is 6.93. The van der Waals surface area contributed by atoms with Crippen LogP contribution in [0.2, 0.25) is 0 Å². The summed E-state index contributed by atoms with van der Waals surface area (Å²) in [5.74, 6) is -1.23. The molecule has 0 saturated heterocycles. The highest BCUT2D eigenvalue weighted by Crippen LogP contribution is 2.04. The van der Waals surface area contributed by atoms with Gasteiger partial charge in [0, 0.05) is 18.8 Å². The Bertz CT molecular complexity index is 398. The SMILES string of the molecule is Cn1cc(/C=C(/C#N)C(=O)O)cn1. The average molecular weight is 177 g/mol. The molecular weight excluding hydrogens is 170 g/mol. The number of carboxylic acids is 1. The summed E-state index contributed by atoms with van der Waals surface area (Å²) in [6.45, 7) is 0. The maximum atomic E-state index is 10.4. The minimum absolute atomic E-state index is 0.298. The molecular formula is C8H7N3O2. The van der Waals surface area contributed by atoms with Crippen molar-refractivity contribution in [2.45, 2.75) is 0 Å². The Hall–Kier alpha value is -2.09. The molecule has 1 rings (SSSR count). The molecule has 0 fully saturated rings. The van der Waals surface area contributed by atoms with Crippen LogP contribution in [0.25, 0.3) is 6.08 Å². The average Bonchev–Trinajstić information content (AvgIpc) is 2.46. The minimum atomic E-state index is -1.23. The molecule has 0 amide bonds. The molecule has 0 saturated carbocycles. The van der Waals surface area contributed by atoms with Gasteiger partial charge in [0.2, 0.25) is 0 Å². The quantitative estimate of drug-likeness (QED) is 0.524. The summed E-state index contributed by atoms with van der Waals surface area (Å²) in [6.07, 6.45) is 4.38. The van der Waals surface area contributed by atoms with E-state index < -0.39 is 5.97 Å². The van der Waals surface area contributed by atoms with E-state index in [1.807, 2.05) is 0 Å². The zero-order valence-electron chi connectivity index (χ0n) is 6.93. The second-order valence-electron chi connectivity index (χ2n) is 2.42. The summed E-state index contributed by atoms with van der Waals surface area (Å²) >= 11 is 0. The zero-order chi connectivity index (χ0) is 9.84. The smallest absolute Gasteiger partial charge is 0.346 e. The molecule has 0 aromatic carbocycles. The van der Waals surface area contributed by atoms with E-state index in [9.17, 15) is 4.79 Å². The highest BCUT2D eigenvalue weighted by atomic mass is 16.4. The molecule has 0 atom stereocenters. The van der Waals surface area contributed by atoms with Crippen LogP contribution in [-0.4, -0.2) is 20.9 Å². The molecule has 0 aliphatic heterocycles. The number of nitriles is 1. The van der Waals surface area contributed by atoms with Crippen molar-refractivity contribution in [3.63, 3.8) is 0 Å². The number of carboxylic acid groups (broad SMARTS) is 1. The molecule has 0 bridgehead atoms. The summed E-state index contributed by atoms with van der Waals surface area (Å²) in [4.78, 5) is 10.4. The fraction of sp³-hybridized carbons (Fsp3) is 0.125. The molecule has 1 aromatic heterocycles. The van der Waals surface area contributed by atoms with E-state index in [2.05, 4.69) is 5.10 Å². The Balaban J connectivity index is 3.00. The molecule has 1 N–H and O–H groups in total. The molecule has 1 aromatic rings. The van der Waals surface area contributed by atoms with Crippen LogP contribution in [0, 0.1) is 11.3 Å². The van der Waals surface area contributed by atoms with Crippen LogP contribution in [0.5, 0.6) is 0 Å². The van der Waals surface area contributed by atoms with Crippen molar-refractivity contribution in [3.05, 3.63) is 23.5 Å². The van der Waals surface area contributed by atoms with Crippen LogP contribution >= 0.6 is 0 Å². The molecule has 5 nitrogen and oxygen atoms in total. The first kappa shape index (κ1) is 9.00. The Kier molecular flexibility index (Phi) is 2.45. The highest BCUT2D eigenvalue weighted by Gasteiger charge is 2.05. The van der Waals surface area contributed by atoms with Gasteiger partial charge in [-0.3, -0.25) is 4.68 Å². The second-order valence-corrected chi connectivity index (χ2v) is 2.42. The van der Waals surface area contributed by atoms with Crippen LogP contribution in [-0.2, 0) is 11.8 Å². The van der Waals surface area contributed by atoms with Crippen LogP contribution in [0.4, 0.5) is 0 Å². The lowest BCUT2D eigenvalue weighted by molar-refractivity contribution is -0.132. The van der Waals surface area contributed by atoms with Gasteiger partial charge in [0.05, 0.1) is 6.20 Å². The number of nitrogens with zero attached hydrogens (tertiary/aromatic N) is 3. The fourth-order valence-electron chi connectivity index (χ4n) is 0.823. The molecule has 66 valence electrons. The second kappa shape index (κ2) is 3.54. The normalized spacial score (nSPS) is 10.9. The Morgan fingerprint density at radius 3 is 2.92 bits per heavy atom. The summed E-state index contributed by atoms with van der Waals surface area (Å²) in [6, 6.07) is 1.58. The summed E-state index contributed by atoms with van der Waals surface area (Å²) < 4.78 is 1.53. The molecule has 0 radical (unpaired) electrons. The van der Waals surface area contributed by atoms with E-state index in [1.165, 1.54) is 17.0 Å². The van der Waals surface area contributed by atoms with Crippen molar-refractivity contribution in [2.75, 3.05) is 0 Å². The molecule has 1 heterocycles. The lowest BCUT2D eigenvalue weighted by atomic mass is 10.2. The number of aliphatic carboxylic acids is 1. The Morgan fingerprint density at radius 2 is 2.54 bits per heavy atom. The van der Waals surface area contributed by atoms with Gasteiger partial charge in [-0.1, -0.05) is 0 Å². The third-order valence-corrected chi connectivity index (χ3v) is 1.39. The van der Waals surface area contributed by atoms with E-state index in [0.29, 0.717) is 5.56 Å². The van der Waals surface area contributed by atoms with Gasteiger partial charge >= 0.3 is 5.97 Å². The number of hydrogen-bond donors (Lipinski definition) is 1. The van der Waals surface area contributed by atoms with Crippen molar-refractivity contribution in [1.82, 2.24) is 9.78 Å². The number of aromatic nitrogens is 2. The number of aryl methyl sites for hydroxylation is 1. The van der Waals surface area contributed by atoms with Crippen LogP contribution in [0.15, 0.2) is 18.0 Å². The largest absolute Gasteiger partial charge is 0.477 e. The summed E-state index contributed by atoms with van der Waals surface area (Å²) in [7, 11) is 1.71. The molecule has 5 heteroatoms. The predicted molar refractivity (Wildman–Crippen MR) is 44.4 cm³/mol. The number of hydrogen-bond acceptors (Lipinski definition) is 3. The van der Waals surface area contributed by atoms with E-state index in [-0.39, 0.29) is 5.57 Å². The summed E-state index contributed by atoms with van der Waals surface area (Å²) in [5, 5.41) is 20.8. The van der Waals surface area contributed by atoms with Gasteiger partial charge in [-0.25, -0.2) is 4.79 Å². The molecule has 0 spiro atoms. The van der Waals surface area contributed by atoms with Crippen LogP contribution in [0.1, 0.15) is 5.56 Å². The fourth-order valence-corrected chi connectivity index (χ4v) is 0.823. The third kappa shape index (κ3) is 2.17. The van der Waals surface area contributed by atoms with Gasteiger partial charge < -0.3 is 5.11 Å². The number of carbonyl (C=O) groups is 1. The standard InChI is InChI=1S/C8H7N3O2/c1-11-5-6(4-10-11)2-7(3-9)8(12)13/h2,4-5H,1H3,(H,12,13)/b7-2-. The van der Waals surface area contributed by atoms with E-state index in [4.69, 9.17) is 10.4 Å². The van der Waals surface area contributed by atoms with Gasteiger partial charge in [-0.2, -0.15) is 10.4 Å². The van der Waals surface area contributed by atoms with Gasteiger partial charge in [-0.05, 0) is 6.08 Å².